The van der Waals surface area contributed by atoms with Crippen molar-refractivity contribution in [2.45, 2.75) is 19.1 Å². The van der Waals surface area contributed by atoms with E-state index in [9.17, 15) is 4.79 Å². The molecular formula is C18H18BrNO4. The summed E-state index contributed by atoms with van der Waals surface area (Å²) in [6, 6.07) is 12.9. The fraction of sp³-hybridized carbons (Fsp3) is 0.278. The molecule has 1 heterocycles. The molecule has 2 atom stereocenters. The summed E-state index contributed by atoms with van der Waals surface area (Å²) in [6.07, 6.45) is -0.663. The van der Waals surface area contributed by atoms with Crippen molar-refractivity contribution in [3.05, 3.63) is 52.5 Å². The zero-order chi connectivity index (χ0) is 17.1. The number of carbonyl (C=O) groups is 1. The van der Waals surface area contributed by atoms with Crippen LogP contribution in [0.25, 0.3) is 0 Å². The molecule has 24 heavy (non-hydrogen) atoms. The van der Waals surface area contributed by atoms with E-state index in [2.05, 4.69) is 21.2 Å². The molecule has 2 aromatic carbocycles. The molecule has 126 valence electrons. The molecule has 1 aliphatic heterocycles. The monoisotopic (exact) mass is 391 g/mol. The minimum atomic E-state index is -0.663. The van der Waals surface area contributed by atoms with Crippen LogP contribution in [0.3, 0.4) is 0 Å². The normalized spacial score (nSPS) is 17.0. The maximum atomic E-state index is 12.4. The Hall–Kier alpha value is -2.21. The second-order valence-corrected chi connectivity index (χ2v) is 6.34. The highest BCUT2D eigenvalue weighted by molar-refractivity contribution is 9.10. The number of methoxy groups -OCH3 is 1. The Kier molecular flexibility index (Phi) is 4.94. The third-order valence-electron chi connectivity index (χ3n) is 3.84. The van der Waals surface area contributed by atoms with E-state index in [0.717, 1.165) is 15.8 Å². The predicted molar refractivity (Wildman–Crippen MR) is 93.6 cm³/mol. The topological polar surface area (TPSA) is 56.8 Å². The summed E-state index contributed by atoms with van der Waals surface area (Å²) >= 11 is 3.45. The van der Waals surface area contributed by atoms with Crippen LogP contribution in [0.1, 0.15) is 18.5 Å². The summed E-state index contributed by atoms with van der Waals surface area (Å²) in [5.74, 6) is 1.79. The Morgan fingerprint density at radius 2 is 2.04 bits per heavy atom. The van der Waals surface area contributed by atoms with Gasteiger partial charge in [-0.1, -0.05) is 18.2 Å². The zero-order valence-electron chi connectivity index (χ0n) is 13.4. The van der Waals surface area contributed by atoms with Crippen molar-refractivity contribution in [1.82, 2.24) is 5.32 Å². The molecule has 2 unspecified atom stereocenters. The van der Waals surface area contributed by atoms with Crippen molar-refractivity contribution in [1.29, 1.82) is 0 Å². The molecule has 0 aliphatic carbocycles. The molecule has 6 heteroatoms. The third-order valence-corrected chi connectivity index (χ3v) is 4.46. The van der Waals surface area contributed by atoms with Crippen LogP contribution in [0.2, 0.25) is 0 Å². The number of benzene rings is 2. The minimum Gasteiger partial charge on any atom is -0.496 e. The predicted octanol–water partition coefficient (Wildman–Crippen LogP) is 3.47. The molecule has 1 N–H and O–H groups in total. The summed E-state index contributed by atoms with van der Waals surface area (Å²) in [6.45, 7) is 2.12. The van der Waals surface area contributed by atoms with E-state index in [1.54, 1.807) is 13.2 Å². The van der Waals surface area contributed by atoms with E-state index in [1.807, 2.05) is 43.3 Å². The maximum Gasteiger partial charge on any atom is 0.265 e. The number of fused-ring (bicyclic) bond motifs is 1. The molecule has 0 saturated heterocycles. The summed E-state index contributed by atoms with van der Waals surface area (Å²) in [4.78, 5) is 12.4. The van der Waals surface area contributed by atoms with E-state index in [1.165, 1.54) is 0 Å². The summed E-state index contributed by atoms with van der Waals surface area (Å²) in [5, 5.41) is 2.96. The summed E-state index contributed by atoms with van der Waals surface area (Å²) < 4.78 is 17.4. The number of ether oxygens (including phenoxy) is 3. The maximum absolute atomic E-state index is 12.4. The van der Waals surface area contributed by atoms with Gasteiger partial charge in [-0.15, -0.1) is 0 Å². The first-order chi connectivity index (χ1) is 11.6. The van der Waals surface area contributed by atoms with Crippen LogP contribution in [0.5, 0.6) is 17.2 Å². The minimum absolute atomic E-state index is 0.166. The lowest BCUT2D eigenvalue weighted by Crippen LogP contribution is -2.44. The van der Waals surface area contributed by atoms with E-state index in [0.29, 0.717) is 11.5 Å². The Morgan fingerprint density at radius 3 is 2.75 bits per heavy atom. The fourth-order valence-corrected chi connectivity index (χ4v) is 3.05. The Bertz CT molecular complexity index is 750. The van der Waals surface area contributed by atoms with Gasteiger partial charge in [0.05, 0.1) is 17.6 Å². The SMILES string of the molecule is COc1ccc(C(C)NC(=O)C2COc3ccccc3O2)cc1Br. The van der Waals surface area contributed by atoms with Gasteiger partial charge in [-0.2, -0.15) is 0 Å². The standard InChI is InChI=1S/C18H18BrNO4/c1-11(12-7-8-14(22-2)13(19)9-12)20-18(21)17-10-23-15-5-3-4-6-16(15)24-17/h3-9,11,17H,10H2,1-2H3,(H,20,21). The first-order valence-electron chi connectivity index (χ1n) is 7.61. The first kappa shape index (κ1) is 16.6. The van der Waals surface area contributed by atoms with Crippen molar-refractivity contribution < 1.29 is 19.0 Å². The second kappa shape index (κ2) is 7.13. The van der Waals surface area contributed by atoms with Crippen molar-refractivity contribution >= 4 is 21.8 Å². The highest BCUT2D eigenvalue weighted by Gasteiger charge is 2.28. The van der Waals surface area contributed by atoms with Crippen LogP contribution in [0.15, 0.2) is 46.9 Å². The molecule has 0 bridgehead atoms. The van der Waals surface area contributed by atoms with Gasteiger partial charge in [0, 0.05) is 0 Å². The van der Waals surface area contributed by atoms with Gasteiger partial charge in [0.1, 0.15) is 12.4 Å². The third kappa shape index (κ3) is 3.48. The van der Waals surface area contributed by atoms with Gasteiger partial charge in [-0.05, 0) is 52.7 Å². The highest BCUT2D eigenvalue weighted by atomic mass is 79.9. The zero-order valence-corrected chi connectivity index (χ0v) is 15.0. The molecule has 0 spiro atoms. The molecule has 2 aromatic rings. The average Bonchev–Trinajstić information content (AvgIpc) is 2.61. The second-order valence-electron chi connectivity index (χ2n) is 5.49. The number of halogens is 1. The molecular weight excluding hydrogens is 374 g/mol. The number of nitrogens with one attached hydrogen (secondary N) is 1. The average molecular weight is 392 g/mol. The fourth-order valence-electron chi connectivity index (χ4n) is 2.49. The van der Waals surface area contributed by atoms with E-state index >= 15 is 0 Å². The number of hydrogen-bond acceptors (Lipinski definition) is 4. The largest absolute Gasteiger partial charge is 0.496 e. The van der Waals surface area contributed by atoms with Gasteiger partial charge in [0.15, 0.2) is 11.5 Å². The lowest BCUT2D eigenvalue weighted by molar-refractivity contribution is -0.131. The number of rotatable bonds is 4. The van der Waals surface area contributed by atoms with Crippen molar-refractivity contribution in [2.24, 2.45) is 0 Å². The van der Waals surface area contributed by atoms with Crippen LogP contribution < -0.4 is 19.5 Å². The van der Waals surface area contributed by atoms with Crippen LogP contribution >= 0.6 is 15.9 Å². The Labute approximate surface area is 149 Å². The van der Waals surface area contributed by atoms with Crippen molar-refractivity contribution in [2.75, 3.05) is 13.7 Å². The molecule has 1 aliphatic rings. The van der Waals surface area contributed by atoms with Gasteiger partial charge in [0.25, 0.3) is 5.91 Å². The lowest BCUT2D eigenvalue weighted by Gasteiger charge is -2.27. The molecule has 0 fully saturated rings. The smallest absolute Gasteiger partial charge is 0.265 e. The molecule has 3 rings (SSSR count). The molecule has 0 aromatic heterocycles. The van der Waals surface area contributed by atoms with Crippen LogP contribution in [-0.4, -0.2) is 25.7 Å². The Morgan fingerprint density at radius 1 is 1.29 bits per heavy atom. The van der Waals surface area contributed by atoms with E-state index in [-0.39, 0.29) is 18.6 Å². The van der Waals surface area contributed by atoms with Crippen LogP contribution in [-0.2, 0) is 4.79 Å². The quantitative estimate of drug-likeness (QED) is 0.866. The van der Waals surface area contributed by atoms with Gasteiger partial charge >= 0.3 is 0 Å². The van der Waals surface area contributed by atoms with E-state index < -0.39 is 6.10 Å². The molecule has 5 nitrogen and oxygen atoms in total. The van der Waals surface area contributed by atoms with Crippen molar-refractivity contribution in [3.8, 4) is 17.2 Å². The van der Waals surface area contributed by atoms with Gasteiger partial charge in [-0.3, -0.25) is 4.79 Å². The van der Waals surface area contributed by atoms with Gasteiger partial charge in [-0.25, -0.2) is 0 Å². The Balaban J connectivity index is 1.65. The highest BCUT2D eigenvalue weighted by Crippen LogP contribution is 2.31. The number of amides is 1. The number of para-hydroxylation sites is 2. The van der Waals surface area contributed by atoms with Gasteiger partial charge in [0.2, 0.25) is 6.10 Å². The molecule has 0 radical (unpaired) electrons. The van der Waals surface area contributed by atoms with Crippen LogP contribution in [0, 0.1) is 0 Å². The number of hydrogen-bond donors (Lipinski definition) is 1. The van der Waals surface area contributed by atoms with Crippen molar-refractivity contribution in [3.63, 3.8) is 0 Å². The first-order valence-corrected chi connectivity index (χ1v) is 8.40. The van der Waals surface area contributed by atoms with Gasteiger partial charge < -0.3 is 19.5 Å². The number of carbonyl (C=O) groups excluding carboxylic acids is 1. The molecule has 1 amide bonds. The molecule has 0 saturated carbocycles. The summed E-state index contributed by atoms with van der Waals surface area (Å²) in [5.41, 5.74) is 0.966. The van der Waals surface area contributed by atoms with Crippen LogP contribution in [0.4, 0.5) is 0 Å². The summed E-state index contributed by atoms with van der Waals surface area (Å²) in [7, 11) is 1.61. The lowest BCUT2D eigenvalue weighted by atomic mass is 10.1. The van der Waals surface area contributed by atoms with E-state index in [4.69, 9.17) is 14.2 Å².